The highest BCUT2D eigenvalue weighted by molar-refractivity contribution is 7.18. The predicted molar refractivity (Wildman–Crippen MR) is 125 cm³/mol. The van der Waals surface area contributed by atoms with Gasteiger partial charge in [0.1, 0.15) is 21.8 Å². The number of aromatic carboxylic acids is 1. The third kappa shape index (κ3) is 4.65. The number of rotatable bonds is 8. The van der Waals surface area contributed by atoms with Crippen LogP contribution in [0.1, 0.15) is 26.5 Å². The highest BCUT2D eigenvalue weighted by Crippen LogP contribution is 2.29. The van der Waals surface area contributed by atoms with Gasteiger partial charge in [0.25, 0.3) is 0 Å². The molecule has 0 saturated carbocycles. The number of ether oxygens (including phenoxy) is 2. The topological polar surface area (TPSA) is 84.8 Å². The van der Waals surface area contributed by atoms with Gasteiger partial charge in [-0.15, -0.1) is 11.3 Å². The van der Waals surface area contributed by atoms with Crippen molar-refractivity contribution in [1.29, 1.82) is 0 Å². The number of carboxylic acid groups (broad SMARTS) is 1. The molecule has 7 nitrogen and oxygen atoms in total. The molecule has 1 N–H and O–H groups in total. The average Bonchev–Trinajstić information content (AvgIpc) is 3.17. The molecule has 4 rings (SSSR count). The number of benzene rings is 2. The summed E-state index contributed by atoms with van der Waals surface area (Å²) < 4.78 is 10.5. The number of carbonyl (C=O) groups is 1. The molecule has 2 heterocycles. The Bertz CT molecular complexity index is 1190. The maximum atomic E-state index is 12.1. The monoisotopic (exact) mass is 449 g/mol. The average molecular weight is 450 g/mol. The van der Waals surface area contributed by atoms with Gasteiger partial charge in [-0.2, -0.15) is 0 Å². The van der Waals surface area contributed by atoms with Crippen molar-refractivity contribution in [2.45, 2.75) is 20.0 Å². The van der Waals surface area contributed by atoms with Gasteiger partial charge < -0.3 is 19.5 Å². The van der Waals surface area contributed by atoms with E-state index >= 15 is 0 Å². The number of aryl methyl sites for hydroxylation is 1. The molecule has 8 heteroatoms. The van der Waals surface area contributed by atoms with E-state index in [2.05, 4.69) is 4.98 Å². The minimum Gasteiger partial charge on any atom is -0.497 e. The standard InChI is InChI=1S/C24H23N3O4S/c1-15-12-20-23(32-15)26-21(24(28)29)22(25-20)27(13-16-4-8-18(30-2)9-5-16)14-17-6-10-19(31-3)11-7-17/h4-12H,13-14H2,1-3H3,(H,28,29). The molecule has 0 radical (unpaired) electrons. The van der Waals surface area contributed by atoms with Crippen LogP contribution in [0, 0.1) is 6.92 Å². The van der Waals surface area contributed by atoms with E-state index in [0.717, 1.165) is 27.5 Å². The van der Waals surface area contributed by atoms with E-state index in [1.165, 1.54) is 11.3 Å². The summed E-state index contributed by atoms with van der Waals surface area (Å²) in [7, 11) is 3.25. The van der Waals surface area contributed by atoms with Crippen LogP contribution in [0.5, 0.6) is 11.5 Å². The molecule has 32 heavy (non-hydrogen) atoms. The number of anilines is 1. The van der Waals surface area contributed by atoms with Gasteiger partial charge >= 0.3 is 5.97 Å². The lowest BCUT2D eigenvalue weighted by molar-refractivity contribution is 0.0691. The van der Waals surface area contributed by atoms with Crippen molar-refractivity contribution in [3.8, 4) is 11.5 Å². The number of methoxy groups -OCH3 is 2. The van der Waals surface area contributed by atoms with Gasteiger partial charge in [0.2, 0.25) is 0 Å². The largest absolute Gasteiger partial charge is 0.497 e. The van der Waals surface area contributed by atoms with E-state index in [1.807, 2.05) is 66.4 Å². The molecule has 0 aliphatic heterocycles. The molecule has 0 spiro atoms. The van der Waals surface area contributed by atoms with E-state index in [9.17, 15) is 9.90 Å². The van der Waals surface area contributed by atoms with Crippen LogP contribution in [-0.2, 0) is 13.1 Å². The van der Waals surface area contributed by atoms with Crippen LogP contribution < -0.4 is 14.4 Å². The summed E-state index contributed by atoms with van der Waals surface area (Å²) in [4.78, 5) is 24.8. The zero-order valence-electron chi connectivity index (χ0n) is 18.0. The van der Waals surface area contributed by atoms with Gasteiger partial charge in [0.05, 0.1) is 14.2 Å². The summed E-state index contributed by atoms with van der Waals surface area (Å²) in [5, 5.41) is 9.89. The van der Waals surface area contributed by atoms with E-state index < -0.39 is 5.97 Å². The Balaban J connectivity index is 1.77. The SMILES string of the molecule is COc1ccc(CN(Cc2ccc(OC)cc2)c2nc3cc(C)sc3nc2C(=O)O)cc1. The maximum Gasteiger partial charge on any atom is 0.358 e. The smallest absolute Gasteiger partial charge is 0.358 e. The minimum absolute atomic E-state index is 0.0543. The molecule has 0 aliphatic carbocycles. The number of aromatic nitrogens is 2. The van der Waals surface area contributed by atoms with E-state index in [1.54, 1.807) is 14.2 Å². The Kier molecular flexibility index (Phi) is 6.23. The van der Waals surface area contributed by atoms with Crippen LogP contribution >= 0.6 is 11.3 Å². The Morgan fingerprint density at radius 1 is 0.938 bits per heavy atom. The first-order valence-corrected chi connectivity index (χ1v) is 10.8. The first-order chi connectivity index (χ1) is 15.5. The van der Waals surface area contributed by atoms with E-state index in [0.29, 0.717) is 29.3 Å². The summed E-state index contributed by atoms with van der Waals surface area (Å²) in [5.74, 6) is 0.762. The summed E-state index contributed by atoms with van der Waals surface area (Å²) in [6, 6.07) is 17.3. The molecule has 0 unspecified atom stereocenters. The van der Waals surface area contributed by atoms with Crippen LogP contribution in [0.4, 0.5) is 5.82 Å². The molecule has 0 amide bonds. The van der Waals surface area contributed by atoms with Gasteiger partial charge in [0, 0.05) is 18.0 Å². The maximum absolute atomic E-state index is 12.1. The Morgan fingerprint density at radius 2 is 1.47 bits per heavy atom. The van der Waals surface area contributed by atoms with Crippen molar-refractivity contribution in [3.05, 3.63) is 76.3 Å². The number of hydrogen-bond donors (Lipinski definition) is 1. The lowest BCUT2D eigenvalue weighted by Crippen LogP contribution is -2.26. The van der Waals surface area contributed by atoms with Crippen LogP contribution in [-0.4, -0.2) is 35.3 Å². The molecule has 4 aromatic rings. The molecular weight excluding hydrogens is 426 g/mol. The molecule has 0 saturated heterocycles. The van der Waals surface area contributed by atoms with Gasteiger partial charge in [-0.3, -0.25) is 0 Å². The molecule has 2 aromatic heterocycles. The van der Waals surface area contributed by atoms with Gasteiger partial charge in [-0.25, -0.2) is 14.8 Å². The normalized spacial score (nSPS) is 10.8. The summed E-state index contributed by atoms with van der Waals surface area (Å²) in [5.41, 5.74) is 2.64. The quantitative estimate of drug-likeness (QED) is 0.409. The molecule has 2 aromatic carbocycles. The van der Waals surface area contributed by atoms with Crippen molar-refractivity contribution < 1.29 is 19.4 Å². The van der Waals surface area contributed by atoms with Crippen molar-refractivity contribution in [2.24, 2.45) is 0 Å². The summed E-state index contributed by atoms with van der Waals surface area (Å²) >= 11 is 1.44. The molecular formula is C24H23N3O4S. The first kappa shape index (κ1) is 21.6. The molecule has 0 bridgehead atoms. The molecule has 0 atom stereocenters. The number of nitrogens with zero attached hydrogens (tertiary/aromatic N) is 3. The van der Waals surface area contributed by atoms with Gasteiger partial charge in [-0.1, -0.05) is 24.3 Å². The second-order valence-corrected chi connectivity index (χ2v) is 8.54. The Labute approximate surface area is 189 Å². The zero-order valence-corrected chi connectivity index (χ0v) is 18.8. The van der Waals surface area contributed by atoms with Crippen molar-refractivity contribution >= 4 is 33.5 Å². The highest BCUT2D eigenvalue weighted by atomic mass is 32.1. The third-order valence-electron chi connectivity index (χ3n) is 5.04. The molecule has 164 valence electrons. The third-order valence-corrected chi connectivity index (χ3v) is 5.97. The van der Waals surface area contributed by atoms with Gasteiger partial charge in [-0.05, 0) is 48.4 Å². The highest BCUT2D eigenvalue weighted by Gasteiger charge is 2.22. The number of carboxylic acids is 1. The summed E-state index contributed by atoms with van der Waals surface area (Å²) in [6.07, 6.45) is 0. The van der Waals surface area contributed by atoms with E-state index in [-0.39, 0.29) is 5.69 Å². The van der Waals surface area contributed by atoms with Crippen molar-refractivity contribution in [3.63, 3.8) is 0 Å². The van der Waals surface area contributed by atoms with Crippen LogP contribution in [0.3, 0.4) is 0 Å². The second kappa shape index (κ2) is 9.23. The summed E-state index contributed by atoms with van der Waals surface area (Å²) in [6.45, 7) is 2.87. The fraction of sp³-hybridized carbons (Fsp3) is 0.208. The Morgan fingerprint density at radius 3 is 1.94 bits per heavy atom. The zero-order chi connectivity index (χ0) is 22.7. The fourth-order valence-corrected chi connectivity index (χ4v) is 4.26. The van der Waals surface area contributed by atoms with Crippen molar-refractivity contribution in [1.82, 2.24) is 9.97 Å². The minimum atomic E-state index is -1.10. The van der Waals surface area contributed by atoms with Gasteiger partial charge in [0.15, 0.2) is 11.5 Å². The second-order valence-electron chi connectivity index (χ2n) is 7.30. The molecule has 0 fully saturated rings. The fourth-order valence-electron chi connectivity index (χ4n) is 3.44. The van der Waals surface area contributed by atoms with Crippen LogP contribution in [0.25, 0.3) is 10.3 Å². The lowest BCUT2D eigenvalue weighted by Gasteiger charge is -2.25. The lowest BCUT2D eigenvalue weighted by atomic mass is 10.1. The van der Waals surface area contributed by atoms with E-state index in [4.69, 9.17) is 14.5 Å². The number of fused-ring (bicyclic) bond motifs is 1. The number of thiophene rings is 1. The van der Waals surface area contributed by atoms with Crippen LogP contribution in [0.2, 0.25) is 0 Å². The molecule has 0 aliphatic rings. The first-order valence-electron chi connectivity index (χ1n) is 9.99. The van der Waals surface area contributed by atoms with Crippen molar-refractivity contribution in [2.75, 3.05) is 19.1 Å². The van der Waals surface area contributed by atoms with Crippen LogP contribution in [0.15, 0.2) is 54.6 Å². The Hall–Kier alpha value is -3.65. The number of hydrogen-bond acceptors (Lipinski definition) is 7. The predicted octanol–water partition coefficient (Wildman–Crippen LogP) is 4.92.